The summed E-state index contributed by atoms with van der Waals surface area (Å²) < 4.78 is 18.6. The van der Waals surface area contributed by atoms with Crippen LogP contribution in [-0.2, 0) is 0 Å². The first-order valence-corrected chi connectivity index (χ1v) is 5.92. The minimum absolute atomic E-state index is 0.0752. The van der Waals surface area contributed by atoms with Crippen LogP contribution < -0.4 is 10.1 Å². The first-order chi connectivity index (χ1) is 8.58. The molecule has 1 aliphatic rings. The van der Waals surface area contributed by atoms with E-state index in [4.69, 9.17) is 16.3 Å². The molecule has 1 N–H and O–H groups in total. The Morgan fingerprint density at radius 3 is 3.00 bits per heavy atom. The van der Waals surface area contributed by atoms with Crippen molar-refractivity contribution < 1.29 is 14.1 Å². The lowest BCUT2D eigenvalue weighted by Gasteiger charge is -2.11. The van der Waals surface area contributed by atoms with Gasteiger partial charge in [-0.05, 0) is 13.0 Å². The van der Waals surface area contributed by atoms with E-state index in [2.05, 4.69) is 5.32 Å². The van der Waals surface area contributed by atoms with Crippen molar-refractivity contribution in [2.75, 3.05) is 19.7 Å². The molecule has 18 heavy (non-hydrogen) atoms. The molecule has 98 valence electrons. The molecular weight excluding hydrogens is 263 g/mol. The SMILES string of the molecule is O=[N+]([O-])c1cc(Cl)c(F)cc1OCC1CCNC1. The van der Waals surface area contributed by atoms with E-state index in [-0.39, 0.29) is 16.5 Å². The molecule has 0 bridgehead atoms. The first-order valence-electron chi connectivity index (χ1n) is 5.55. The summed E-state index contributed by atoms with van der Waals surface area (Å²) in [5.74, 6) is -0.501. The molecule has 0 radical (unpaired) electrons. The van der Waals surface area contributed by atoms with E-state index in [1.165, 1.54) is 0 Å². The van der Waals surface area contributed by atoms with Gasteiger partial charge in [0.1, 0.15) is 5.82 Å². The highest BCUT2D eigenvalue weighted by Gasteiger charge is 2.21. The van der Waals surface area contributed by atoms with Gasteiger partial charge in [0.25, 0.3) is 0 Å². The van der Waals surface area contributed by atoms with E-state index in [9.17, 15) is 14.5 Å². The summed E-state index contributed by atoms with van der Waals surface area (Å²) in [5, 5.41) is 13.7. The van der Waals surface area contributed by atoms with Gasteiger partial charge in [-0.1, -0.05) is 11.6 Å². The Kier molecular flexibility index (Phi) is 3.98. The van der Waals surface area contributed by atoms with Crippen LogP contribution in [0.1, 0.15) is 6.42 Å². The van der Waals surface area contributed by atoms with E-state index < -0.39 is 10.7 Å². The number of nitro groups is 1. The zero-order valence-corrected chi connectivity index (χ0v) is 10.2. The maximum Gasteiger partial charge on any atom is 0.312 e. The van der Waals surface area contributed by atoms with Gasteiger partial charge in [0.05, 0.1) is 16.6 Å². The highest BCUT2D eigenvalue weighted by atomic mass is 35.5. The van der Waals surface area contributed by atoms with Gasteiger partial charge in [0.2, 0.25) is 0 Å². The number of ether oxygens (including phenoxy) is 1. The monoisotopic (exact) mass is 274 g/mol. The summed E-state index contributed by atoms with van der Waals surface area (Å²) in [7, 11) is 0. The van der Waals surface area contributed by atoms with Crippen LogP contribution in [0.25, 0.3) is 0 Å². The maximum atomic E-state index is 13.3. The molecule has 0 aromatic heterocycles. The fourth-order valence-electron chi connectivity index (χ4n) is 1.84. The molecule has 0 amide bonds. The fourth-order valence-corrected chi connectivity index (χ4v) is 2.00. The van der Waals surface area contributed by atoms with Crippen molar-refractivity contribution in [3.63, 3.8) is 0 Å². The van der Waals surface area contributed by atoms with Gasteiger partial charge in [-0.25, -0.2) is 4.39 Å². The van der Waals surface area contributed by atoms with Gasteiger partial charge in [-0.15, -0.1) is 0 Å². The number of nitrogens with one attached hydrogen (secondary N) is 1. The van der Waals surface area contributed by atoms with Crippen molar-refractivity contribution in [2.24, 2.45) is 5.92 Å². The minimum Gasteiger partial charge on any atom is -0.486 e. The average molecular weight is 275 g/mol. The zero-order chi connectivity index (χ0) is 13.1. The molecule has 1 unspecified atom stereocenters. The van der Waals surface area contributed by atoms with Crippen LogP contribution in [0.4, 0.5) is 10.1 Å². The lowest BCUT2D eigenvalue weighted by atomic mass is 10.1. The van der Waals surface area contributed by atoms with Crippen LogP contribution in [0.5, 0.6) is 5.75 Å². The molecule has 1 aromatic rings. The predicted octanol–water partition coefficient (Wildman–Crippen LogP) is 2.38. The summed E-state index contributed by atoms with van der Waals surface area (Å²) in [6.07, 6.45) is 0.948. The van der Waals surface area contributed by atoms with Gasteiger partial charge in [0, 0.05) is 24.6 Å². The van der Waals surface area contributed by atoms with Gasteiger partial charge in [-0.2, -0.15) is 0 Å². The number of hydrogen-bond donors (Lipinski definition) is 1. The molecule has 7 heteroatoms. The van der Waals surface area contributed by atoms with Crippen molar-refractivity contribution in [3.8, 4) is 5.75 Å². The molecule has 0 spiro atoms. The molecule has 1 atom stereocenters. The molecule has 5 nitrogen and oxygen atoms in total. The minimum atomic E-state index is -0.721. The summed E-state index contributed by atoms with van der Waals surface area (Å²) in [5.41, 5.74) is -0.313. The third-order valence-electron chi connectivity index (χ3n) is 2.84. The van der Waals surface area contributed by atoms with Crippen LogP contribution in [0.15, 0.2) is 12.1 Å². The van der Waals surface area contributed by atoms with Crippen molar-refractivity contribution in [2.45, 2.75) is 6.42 Å². The highest BCUT2D eigenvalue weighted by molar-refractivity contribution is 6.31. The Balaban J connectivity index is 2.14. The van der Waals surface area contributed by atoms with Crippen LogP contribution in [0, 0.1) is 21.8 Å². The zero-order valence-electron chi connectivity index (χ0n) is 9.49. The standard InChI is InChI=1S/C11H12ClFN2O3/c12-8-3-10(15(16)17)11(4-9(8)13)18-6-7-1-2-14-5-7/h3-4,7,14H,1-2,5-6H2. The molecule has 1 heterocycles. The van der Waals surface area contributed by atoms with Gasteiger partial charge in [-0.3, -0.25) is 10.1 Å². The summed E-state index contributed by atoms with van der Waals surface area (Å²) in [4.78, 5) is 10.2. The second-order valence-electron chi connectivity index (χ2n) is 4.16. The normalized spacial score (nSPS) is 18.9. The van der Waals surface area contributed by atoms with Crippen LogP contribution in [-0.4, -0.2) is 24.6 Å². The van der Waals surface area contributed by atoms with E-state index in [0.717, 1.165) is 31.6 Å². The third kappa shape index (κ3) is 2.88. The summed E-state index contributed by atoms with van der Waals surface area (Å²) in [6.45, 7) is 2.05. The quantitative estimate of drug-likeness (QED) is 0.676. The number of hydrogen-bond acceptors (Lipinski definition) is 4. The van der Waals surface area contributed by atoms with Crippen molar-refractivity contribution in [3.05, 3.63) is 33.1 Å². The summed E-state index contributed by atoms with van der Waals surface area (Å²) in [6, 6.07) is 1.93. The Labute approximate surface area is 108 Å². The summed E-state index contributed by atoms with van der Waals surface area (Å²) >= 11 is 5.51. The Morgan fingerprint density at radius 2 is 2.39 bits per heavy atom. The predicted molar refractivity (Wildman–Crippen MR) is 64.5 cm³/mol. The fraction of sp³-hybridized carbons (Fsp3) is 0.455. The van der Waals surface area contributed by atoms with Gasteiger partial charge >= 0.3 is 5.69 Å². The molecule has 1 fully saturated rings. The maximum absolute atomic E-state index is 13.3. The van der Waals surface area contributed by atoms with Crippen molar-refractivity contribution in [1.82, 2.24) is 5.32 Å². The van der Waals surface area contributed by atoms with Crippen LogP contribution in [0.3, 0.4) is 0 Å². The Bertz CT molecular complexity index is 464. The van der Waals surface area contributed by atoms with E-state index >= 15 is 0 Å². The number of rotatable bonds is 4. The van der Waals surface area contributed by atoms with E-state index in [1.807, 2.05) is 0 Å². The topological polar surface area (TPSA) is 64.4 Å². The molecule has 2 rings (SSSR count). The van der Waals surface area contributed by atoms with Gasteiger partial charge in [0.15, 0.2) is 5.75 Å². The Morgan fingerprint density at radius 1 is 1.61 bits per heavy atom. The number of nitro benzene ring substituents is 1. The average Bonchev–Trinajstić information content (AvgIpc) is 2.83. The number of benzene rings is 1. The first kappa shape index (κ1) is 13.0. The second-order valence-corrected chi connectivity index (χ2v) is 4.57. The molecule has 0 aliphatic carbocycles. The van der Waals surface area contributed by atoms with Crippen LogP contribution in [0.2, 0.25) is 5.02 Å². The number of halogens is 2. The third-order valence-corrected chi connectivity index (χ3v) is 3.13. The smallest absolute Gasteiger partial charge is 0.312 e. The molecule has 1 aliphatic heterocycles. The van der Waals surface area contributed by atoms with E-state index in [1.54, 1.807) is 0 Å². The molecule has 1 saturated heterocycles. The lowest BCUT2D eigenvalue weighted by Crippen LogP contribution is -2.16. The lowest BCUT2D eigenvalue weighted by molar-refractivity contribution is -0.385. The van der Waals surface area contributed by atoms with E-state index in [0.29, 0.717) is 12.5 Å². The molecule has 1 aromatic carbocycles. The van der Waals surface area contributed by atoms with Crippen molar-refractivity contribution in [1.29, 1.82) is 0 Å². The highest BCUT2D eigenvalue weighted by Crippen LogP contribution is 2.32. The molecule has 0 saturated carbocycles. The van der Waals surface area contributed by atoms with Gasteiger partial charge < -0.3 is 10.1 Å². The van der Waals surface area contributed by atoms with Crippen LogP contribution >= 0.6 is 11.6 Å². The second kappa shape index (κ2) is 5.49. The number of nitrogens with zero attached hydrogens (tertiary/aromatic N) is 1. The Hall–Kier alpha value is -1.40. The molecular formula is C11H12ClFN2O3. The largest absolute Gasteiger partial charge is 0.486 e. The van der Waals surface area contributed by atoms with Crippen molar-refractivity contribution >= 4 is 17.3 Å².